The zero-order valence-corrected chi connectivity index (χ0v) is 13.0. The lowest BCUT2D eigenvalue weighted by Crippen LogP contribution is -2.45. The number of benzene rings is 1. The molecule has 2 N–H and O–H groups in total. The van der Waals surface area contributed by atoms with E-state index in [0.29, 0.717) is 18.9 Å². The van der Waals surface area contributed by atoms with Crippen molar-refractivity contribution in [1.82, 2.24) is 10.2 Å². The highest BCUT2D eigenvalue weighted by molar-refractivity contribution is 5.41. The van der Waals surface area contributed by atoms with Crippen LogP contribution in [0.25, 0.3) is 0 Å². The summed E-state index contributed by atoms with van der Waals surface area (Å²) in [7, 11) is 1.63. The van der Waals surface area contributed by atoms with Crippen molar-refractivity contribution in [1.29, 1.82) is 0 Å². The number of methoxy groups -OCH3 is 1. The van der Waals surface area contributed by atoms with Gasteiger partial charge < -0.3 is 19.9 Å². The Labute approximate surface area is 126 Å². The molecule has 21 heavy (non-hydrogen) atoms. The number of hydrogen-bond donors (Lipinski definition) is 2. The second kappa shape index (κ2) is 8.22. The molecule has 1 aromatic carbocycles. The van der Waals surface area contributed by atoms with Crippen LogP contribution >= 0.6 is 0 Å². The normalized spacial score (nSPS) is 17.5. The highest BCUT2D eigenvalue weighted by Crippen LogP contribution is 2.30. The monoisotopic (exact) mass is 294 g/mol. The minimum Gasteiger partial charge on any atom is -0.496 e. The maximum Gasteiger partial charge on any atom is 0.124 e. The number of ether oxygens (including phenoxy) is 2. The Bertz CT molecular complexity index is 434. The van der Waals surface area contributed by atoms with E-state index in [1.165, 1.54) is 0 Å². The van der Waals surface area contributed by atoms with E-state index in [1.54, 1.807) is 7.11 Å². The summed E-state index contributed by atoms with van der Waals surface area (Å²) in [6.45, 7) is 7.25. The third-order valence-corrected chi connectivity index (χ3v) is 3.67. The average molecular weight is 294 g/mol. The first-order valence-corrected chi connectivity index (χ1v) is 7.66. The van der Waals surface area contributed by atoms with Gasteiger partial charge in [-0.15, -0.1) is 0 Å². The first-order chi connectivity index (χ1) is 10.2. The van der Waals surface area contributed by atoms with Crippen LogP contribution < -0.4 is 14.8 Å². The van der Waals surface area contributed by atoms with E-state index in [-0.39, 0.29) is 0 Å². The Kier molecular flexibility index (Phi) is 6.29. The lowest BCUT2D eigenvalue weighted by Gasteiger charge is -2.29. The third kappa shape index (κ3) is 4.59. The average Bonchev–Trinajstić information content (AvgIpc) is 2.53. The van der Waals surface area contributed by atoms with Crippen molar-refractivity contribution in [3.63, 3.8) is 0 Å². The van der Waals surface area contributed by atoms with Crippen LogP contribution in [0.2, 0.25) is 0 Å². The molecular formula is C16H26N2O3. The summed E-state index contributed by atoms with van der Waals surface area (Å²) >= 11 is 0. The van der Waals surface area contributed by atoms with Crippen molar-refractivity contribution in [2.75, 3.05) is 46.4 Å². The third-order valence-electron chi connectivity index (χ3n) is 3.67. The molecule has 5 nitrogen and oxygen atoms in total. The van der Waals surface area contributed by atoms with Gasteiger partial charge in [-0.1, -0.05) is 6.92 Å². The second-order valence-corrected chi connectivity index (χ2v) is 5.32. The predicted octanol–water partition coefficient (Wildman–Crippen LogP) is 1.42. The van der Waals surface area contributed by atoms with Gasteiger partial charge in [0, 0.05) is 38.3 Å². The van der Waals surface area contributed by atoms with Gasteiger partial charge >= 0.3 is 0 Å². The number of hydrogen-bond acceptors (Lipinski definition) is 5. The fourth-order valence-corrected chi connectivity index (χ4v) is 2.52. The molecule has 0 spiro atoms. The molecule has 1 atom stereocenters. The van der Waals surface area contributed by atoms with Gasteiger partial charge in [0.1, 0.15) is 11.5 Å². The maximum absolute atomic E-state index is 10.5. The molecule has 0 aromatic heterocycles. The second-order valence-electron chi connectivity index (χ2n) is 5.32. The van der Waals surface area contributed by atoms with Gasteiger partial charge in [0.2, 0.25) is 0 Å². The molecule has 1 aromatic rings. The smallest absolute Gasteiger partial charge is 0.124 e. The van der Waals surface area contributed by atoms with Crippen LogP contribution in [-0.4, -0.2) is 56.4 Å². The molecule has 0 bridgehead atoms. The highest BCUT2D eigenvalue weighted by Gasteiger charge is 2.19. The molecule has 0 radical (unpaired) electrons. The molecule has 118 valence electrons. The molecule has 5 heteroatoms. The largest absolute Gasteiger partial charge is 0.496 e. The molecule has 1 heterocycles. The summed E-state index contributed by atoms with van der Waals surface area (Å²) in [5.41, 5.74) is 0.796. The molecule has 0 saturated carbocycles. The first-order valence-electron chi connectivity index (χ1n) is 7.66. The predicted molar refractivity (Wildman–Crippen MR) is 83.0 cm³/mol. The Hall–Kier alpha value is -1.30. The van der Waals surface area contributed by atoms with Crippen LogP contribution in [-0.2, 0) is 0 Å². The molecule has 1 aliphatic heterocycles. The Balaban J connectivity index is 2.07. The summed E-state index contributed by atoms with van der Waals surface area (Å²) < 4.78 is 11.0. The van der Waals surface area contributed by atoms with Gasteiger partial charge in [0.15, 0.2) is 0 Å². The molecule has 2 rings (SSSR count). The zero-order valence-electron chi connectivity index (χ0n) is 13.0. The summed E-state index contributed by atoms with van der Waals surface area (Å²) in [6, 6.07) is 5.64. The Morgan fingerprint density at radius 1 is 1.33 bits per heavy atom. The zero-order chi connectivity index (χ0) is 15.1. The number of nitrogens with zero attached hydrogens (tertiary/aromatic N) is 1. The van der Waals surface area contributed by atoms with E-state index < -0.39 is 6.10 Å². The summed E-state index contributed by atoms with van der Waals surface area (Å²) in [5, 5.41) is 13.9. The van der Waals surface area contributed by atoms with Crippen molar-refractivity contribution < 1.29 is 14.6 Å². The standard InChI is InChI=1S/C16H26N2O3/c1-3-10-21-13-4-5-16(20-2)14(11-13)15(19)12-18-8-6-17-7-9-18/h4-5,11,15,17,19H,3,6-10,12H2,1-2H3. The van der Waals surface area contributed by atoms with E-state index in [9.17, 15) is 5.11 Å². The van der Waals surface area contributed by atoms with Gasteiger partial charge in [0.05, 0.1) is 19.8 Å². The van der Waals surface area contributed by atoms with Gasteiger partial charge in [-0.25, -0.2) is 0 Å². The Morgan fingerprint density at radius 3 is 2.76 bits per heavy atom. The van der Waals surface area contributed by atoms with Crippen molar-refractivity contribution in [2.24, 2.45) is 0 Å². The van der Waals surface area contributed by atoms with Crippen LogP contribution in [0.1, 0.15) is 25.0 Å². The SMILES string of the molecule is CCCOc1ccc(OC)c(C(O)CN2CCNCC2)c1. The summed E-state index contributed by atoms with van der Waals surface area (Å²) in [6.07, 6.45) is 0.397. The molecule has 1 fully saturated rings. The van der Waals surface area contributed by atoms with Crippen LogP contribution in [0.15, 0.2) is 18.2 Å². The minimum absolute atomic E-state index is 0.566. The van der Waals surface area contributed by atoms with Gasteiger partial charge in [-0.3, -0.25) is 4.90 Å². The van der Waals surface area contributed by atoms with Crippen molar-refractivity contribution in [3.8, 4) is 11.5 Å². The first kappa shape index (κ1) is 16.1. The van der Waals surface area contributed by atoms with Crippen molar-refractivity contribution >= 4 is 0 Å². The van der Waals surface area contributed by atoms with E-state index in [4.69, 9.17) is 9.47 Å². The van der Waals surface area contributed by atoms with Crippen LogP contribution in [0.3, 0.4) is 0 Å². The van der Waals surface area contributed by atoms with Crippen LogP contribution in [0.5, 0.6) is 11.5 Å². The van der Waals surface area contributed by atoms with Crippen molar-refractivity contribution in [2.45, 2.75) is 19.4 Å². The summed E-state index contributed by atoms with van der Waals surface area (Å²) in [5.74, 6) is 1.49. The van der Waals surface area contributed by atoms with Crippen LogP contribution in [0, 0.1) is 0 Å². The molecule has 1 aliphatic rings. The highest BCUT2D eigenvalue weighted by atomic mass is 16.5. The number of aliphatic hydroxyl groups is 1. The van der Waals surface area contributed by atoms with Gasteiger partial charge in [-0.2, -0.15) is 0 Å². The topological polar surface area (TPSA) is 54.0 Å². The molecule has 1 unspecified atom stereocenters. The maximum atomic E-state index is 10.5. The molecular weight excluding hydrogens is 268 g/mol. The Morgan fingerprint density at radius 2 is 2.10 bits per heavy atom. The van der Waals surface area contributed by atoms with E-state index in [1.807, 2.05) is 18.2 Å². The van der Waals surface area contributed by atoms with E-state index >= 15 is 0 Å². The minimum atomic E-state index is -0.566. The molecule has 0 aliphatic carbocycles. The number of β-amino-alcohol motifs (C(OH)–C–C–N with tert-alkyl or cyclic N) is 1. The fraction of sp³-hybridized carbons (Fsp3) is 0.625. The lowest BCUT2D eigenvalue weighted by molar-refractivity contribution is 0.103. The van der Waals surface area contributed by atoms with Crippen LogP contribution in [0.4, 0.5) is 0 Å². The number of piperazine rings is 1. The molecule has 1 saturated heterocycles. The molecule has 0 amide bonds. The van der Waals surface area contributed by atoms with E-state index in [0.717, 1.165) is 43.9 Å². The summed E-state index contributed by atoms with van der Waals surface area (Å²) in [4.78, 5) is 2.26. The quantitative estimate of drug-likeness (QED) is 0.796. The van der Waals surface area contributed by atoms with Gasteiger partial charge in [-0.05, 0) is 24.6 Å². The van der Waals surface area contributed by atoms with Gasteiger partial charge in [0.25, 0.3) is 0 Å². The van der Waals surface area contributed by atoms with Crippen molar-refractivity contribution in [3.05, 3.63) is 23.8 Å². The lowest BCUT2D eigenvalue weighted by atomic mass is 10.1. The number of rotatable bonds is 7. The number of nitrogens with one attached hydrogen (secondary N) is 1. The number of aliphatic hydroxyl groups excluding tert-OH is 1. The fourth-order valence-electron chi connectivity index (χ4n) is 2.52. The van der Waals surface area contributed by atoms with E-state index in [2.05, 4.69) is 17.1 Å².